The Bertz CT molecular complexity index is 1490. The van der Waals surface area contributed by atoms with Gasteiger partial charge in [0.15, 0.2) is 0 Å². The summed E-state index contributed by atoms with van der Waals surface area (Å²) < 4.78 is 2.24. The lowest BCUT2D eigenvalue weighted by Gasteiger charge is -2.13. The standard InChI is InChI=1S/C29H28ClN5O/c30-23-10-5-3-8-19(23)18-20-13-14-22-27(21-9-4-6-11-24(21)32-28(20)22)29(36)31-16-15-26-34-33-25-12-2-1-7-17-35(25)26/h3-6,8-11,18H,1-2,7,12-17H2,(H,31,36)/b20-18+. The third-order valence-electron chi connectivity index (χ3n) is 7.22. The van der Waals surface area contributed by atoms with E-state index in [4.69, 9.17) is 16.6 Å². The number of carbonyl (C=O) groups excluding carboxylic acids is 1. The van der Waals surface area contributed by atoms with Gasteiger partial charge in [-0.05, 0) is 60.6 Å². The molecule has 36 heavy (non-hydrogen) atoms. The monoisotopic (exact) mass is 497 g/mol. The molecule has 6 rings (SSSR count). The molecule has 0 bridgehead atoms. The van der Waals surface area contributed by atoms with Crippen molar-refractivity contribution in [2.45, 2.75) is 51.5 Å². The van der Waals surface area contributed by atoms with Crippen LogP contribution in [0.15, 0.2) is 48.5 Å². The van der Waals surface area contributed by atoms with Gasteiger partial charge in [0.25, 0.3) is 5.91 Å². The molecule has 2 aromatic carbocycles. The summed E-state index contributed by atoms with van der Waals surface area (Å²) in [6.07, 6.45) is 8.92. The molecule has 3 heterocycles. The van der Waals surface area contributed by atoms with Gasteiger partial charge in [0, 0.05) is 36.3 Å². The van der Waals surface area contributed by atoms with Crippen LogP contribution >= 0.6 is 11.6 Å². The lowest BCUT2D eigenvalue weighted by molar-refractivity contribution is 0.0954. The van der Waals surface area contributed by atoms with Crippen LogP contribution in [0.3, 0.4) is 0 Å². The summed E-state index contributed by atoms with van der Waals surface area (Å²) in [5.41, 5.74) is 5.57. The van der Waals surface area contributed by atoms with Crippen LogP contribution in [0.1, 0.15) is 64.5 Å². The van der Waals surface area contributed by atoms with E-state index in [0.29, 0.717) is 18.0 Å². The number of amides is 1. The molecule has 1 amide bonds. The summed E-state index contributed by atoms with van der Waals surface area (Å²) in [7, 11) is 0. The molecule has 0 atom stereocenters. The fraction of sp³-hybridized carbons (Fsp3) is 0.310. The van der Waals surface area contributed by atoms with Gasteiger partial charge in [-0.1, -0.05) is 54.4 Å². The summed E-state index contributed by atoms with van der Waals surface area (Å²) in [5, 5.41) is 13.6. The molecule has 6 nitrogen and oxygen atoms in total. The minimum atomic E-state index is -0.0561. The highest BCUT2D eigenvalue weighted by molar-refractivity contribution is 6.32. The lowest BCUT2D eigenvalue weighted by Crippen LogP contribution is -2.28. The molecular weight excluding hydrogens is 470 g/mol. The zero-order chi connectivity index (χ0) is 24.5. The van der Waals surface area contributed by atoms with Crippen molar-refractivity contribution in [3.05, 3.63) is 87.6 Å². The maximum Gasteiger partial charge on any atom is 0.252 e. The summed E-state index contributed by atoms with van der Waals surface area (Å²) in [6.45, 7) is 1.49. The fourth-order valence-corrected chi connectivity index (χ4v) is 5.61. The lowest BCUT2D eigenvalue weighted by atomic mass is 10.00. The van der Waals surface area contributed by atoms with Crippen molar-refractivity contribution in [2.75, 3.05) is 6.54 Å². The SMILES string of the molecule is O=C(NCCc1nnc2n1CCCCC2)c1c2c(nc3ccccc13)/C(=C/c1ccccc1Cl)CC2. The van der Waals surface area contributed by atoms with Crippen molar-refractivity contribution in [1.82, 2.24) is 25.1 Å². The van der Waals surface area contributed by atoms with Gasteiger partial charge in [0.2, 0.25) is 0 Å². The maximum atomic E-state index is 13.6. The van der Waals surface area contributed by atoms with Crippen LogP contribution < -0.4 is 5.32 Å². The molecule has 0 unspecified atom stereocenters. The largest absolute Gasteiger partial charge is 0.352 e. The van der Waals surface area contributed by atoms with E-state index in [1.54, 1.807) is 0 Å². The Hall–Kier alpha value is -3.51. The molecule has 4 aromatic rings. The Kier molecular flexibility index (Phi) is 6.28. The Balaban J connectivity index is 1.29. The highest BCUT2D eigenvalue weighted by Crippen LogP contribution is 2.38. The number of nitrogens with zero attached hydrogens (tertiary/aromatic N) is 4. The fourth-order valence-electron chi connectivity index (χ4n) is 5.42. The molecule has 0 saturated carbocycles. The van der Waals surface area contributed by atoms with Gasteiger partial charge >= 0.3 is 0 Å². The third kappa shape index (κ3) is 4.30. The molecular formula is C29H28ClN5O. The number of fused-ring (bicyclic) bond motifs is 3. The number of rotatable bonds is 5. The summed E-state index contributed by atoms with van der Waals surface area (Å²) in [6, 6.07) is 15.7. The minimum absolute atomic E-state index is 0.0561. The highest BCUT2D eigenvalue weighted by Gasteiger charge is 2.27. The van der Waals surface area contributed by atoms with Crippen LogP contribution in [0.5, 0.6) is 0 Å². The van der Waals surface area contributed by atoms with Crippen molar-refractivity contribution in [3.8, 4) is 0 Å². The predicted molar refractivity (Wildman–Crippen MR) is 143 cm³/mol. The second kappa shape index (κ2) is 9.86. The van der Waals surface area contributed by atoms with Gasteiger partial charge in [-0.25, -0.2) is 4.98 Å². The second-order valence-corrected chi connectivity index (χ2v) is 9.93. The van der Waals surface area contributed by atoms with E-state index in [1.165, 1.54) is 12.8 Å². The smallest absolute Gasteiger partial charge is 0.252 e. The molecule has 0 saturated heterocycles. The molecule has 2 aliphatic rings. The Morgan fingerprint density at radius 1 is 1.00 bits per heavy atom. The van der Waals surface area contributed by atoms with Crippen LogP contribution in [0.4, 0.5) is 0 Å². The van der Waals surface area contributed by atoms with Crippen LogP contribution in [-0.4, -0.2) is 32.2 Å². The Morgan fingerprint density at radius 2 is 1.86 bits per heavy atom. The normalized spacial score (nSPS) is 16.1. The van der Waals surface area contributed by atoms with E-state index in [-0.39, 0.29) is 5.91 Å². The molecule has 1 aliphatic carbocycles. The Labute approximate surface area is 215 Å². The average Bonchev–Trinajstić information content (AvgIpc) is 3.38. The van der Waals surface area contributed by atoms with Crippen LogP contribution in [0.2, 0.25) is 5.02 Å². The van der Waals surface area contributed by atoms with Gasteiger partial charge in [0.05, 0.1) is 16.8 Å². The van der Waals surface area contributed by atoms with E-state index in [0.717, 1.165) is 82.7 Å². The number of aromatic nitrogens is 4. The number of nitrogens with one attached hydrogen (secondary N) is 1. The third-order valence-corrected chi connectivity index (χ3v) is 7.57. The van der Waals surface area contributed by atoms with Gasteiger partial charge in [0.1, 0.15) is 11.6 Å². The first-order chi connectivity index (χ1) is 17.7. The minimum Gasteiger partial charge on any atom is -0.352 e. The van der Waals surface area contributed by atoms with E-state index >= 15 is 0 Å². The highest BCUT2D eigenvalue weighted by atomic mass is 35.5. The molecule has 1 N–H and O–H groups in total. The van der Waals surface area contributed by atoms with E-state index in [1.807, 2.05) is 48.5 Å². The Morgan fingerprint density at radius 3 is 2.78 bits per heavy atom. The molecule has 1 aliphatic heterocycles. The van der Waals surface area contributed by atoms with Crippen molar-refractivity contribution < 1.29 is 4.79 Å². The maximum absolute atomic E-state index is 13.6. The summed E-state index contributed by atoms with van der Waals surface area (Å²) >= 11 is 6.42. The molecule has 182 valence electrons. The number of aryl methyl sites for hydroxylation is 1. The quantitative estimate of drug-likeness (QED) is 0.386. The van der Waals surface area contributed by atoms with Crippen molar-refractivity contribution in [3.63, 3.8) is 0 Å². The number of benzene rings is 2. The van der Waals surface area contributed by atoms with Gasteiger partial charge in [-0.3, -0.25) is 4.79 Å². The van der Waals surface area contributed by atoms with Gasteiger partial charge in [-0.15, -0.1) is 10.2 Å². The predicted octanol–water partition coefficient (Wildman–Crippen LogP) is 5.67. The number of halogens is 1. The summed E-state index contributed by atoms with van der Waals surface area (Å²) in [4.78, 5) is 18.6. The van der Waals surface area contributed by atoms with Crippen LogP contribution in [0.25, 0.3) is 22.6 Å². The number of allylic oxidation sites excluding steroid dienone is 1. The molecule has 2 aromatic heterocycles. The molecule has 0 fully saturated rings. The van der Waals surface area contributed by atoms with E-state index in [2.05, 4.69) is 26.2 Å². The van der Waals surface area contributed by atoms with Crippen molar-refractivity contribution in [1.29, 1.82) is 0 Å². The van der Waals surface area contributed by atoms with Crippen molar-refractivity contribution in [2.24, 2.45) is 0 Å². The topological polar surface area (TPSA) is 72.7 Å². The number of hydrogen-bond acceptors (Lipinski definition) is 4. The molecule has 0 radical (unpaired) electrons. The summed E-state index contributed by atoms with van der Waals surface area (Å²) in [5.74, 6) is 1.98. The number of pyridine rings is 1. The first-order valence-corrected chi connectivity index (χ1v) is 13.1. The average molecular weight is 498 g/mol. The number of carbonyl (C=O) groups is 1. The zero-order valence-electron chi connectivity index (χ0n) is 20.1. The number of para-hydroxylation sites is 1. The van der Waals surface area contributed by atoms with E-state index < -0.39 is 0 Å². The van der Waals surface area contributed by atoms with Gasteiger partial charge < -0.3 is 9.88 Å². The zero-order valence-corrected chi connectivity index (χ0v) is 20.9. The first-order valence-electron chi connectivity index (χ1n) is 12.8. The van der Waals surface area contributed by atoms with Crippen LogP contribution in [0, 0.1) is 0 Å². The molecule has 0 spiro atoms. The number of hydrogen-bond donors (Lipinski definition) is 1. The van der Waals surface area contributed by atoms with Gasteiger partial charge in [-0.2, -0.15) is 0 Å². The first kappa shape index (κ1) is 22.9. The van der Waals surface area contributed by atoms with Crippen molar-refractivity contribution >= 4 is 40.1 Å². The second-order valence-electron chi connectivity index (χ2n) is 9.52. The molecule has 7 heteroatoms. The van der Waals surface area contributed by atoms with Crippen LogP contribution in [-0.2, 0) is 25.8 Å². The van der Waals surface area contributed by atoms with E-state index in [9.17, 15) is 4.79 Å².